The molecule has 2 heterocycles. The molecule has 3 rings (SSSR count). The van der Waals surface area contributed by atoms with Gasteiger partial charge in [-0.05, 0) is 31.2 Å². The summed E-state index contributed by atoms with van der Waals surface area (Å²) in [6.07, 6.45) is 4.73. The molecular formula is C14H15N3O3. The van der Waals surface area contributed by atoms with Gasteiger partial charge in [-0.1, -0.05) is 0 Å². The highest BCUT2D eigenvalue weighted by Gasteiger charge is 2.15. The summed E-state index contributed by atoms with van der Waals surface area (Å²) in [5.74, 6) is 0.834. The summed E-state index contributed by atoms with van der Waals surface area (Å²) in [7, 11) is 0. The van der Waals surface area contributed by atoms with Crippen LogP contribution in [-0.4, -0.2) is 33.6 Å². The van der Waals surface area contributed by atoms with Gasteiger partial charge in [0.1, 0.15) is 12.4 Å². The molecule has 6 heteroatoms. The van der Waals surface area contributed by atoms with E-state index >= 15 is 0 Å². The molecule has 2 aromatic rings. The van der Waals surface area contributed by atoms with Crippen LogP contribution < -0.4 is 10.1 Å². The Bertz CT molecular complexity index is 690. The van der Waals surface area contributed by atoms with Gasteiger partial charge in [0.2, 0.25) is 0 Å². The lowest BCUT2D eigenvalue weighted by molar-refractivity contribution is 0.189. The molecule has 1 atom stereocenters. The Morgan fingerprint density at radius 1 is 1.60 bits per heavy atom. The number of amides is 1. The Hall–Kier alpha value is -2.50. The second-order valence-electron chi connectivity index (χ2n) is 4.81. The molecular weight excluding hydrogens is 258 g/mol. The van der Waals surface area contributed by atoms with Gasteiger partial charge in [-0.3, -0.25) is 4.68 Å². The minimum atomic E-state index is -1.03. The van der Waals surface area contributed by atoms with Crippen molar-refractivity contribution in [2.24, 2.45) is 0 Å². The SMILES string of the molecule is C[C@@H](Cn1ncc2ccc3c(c21)C=CCO3)NC(=O)O. The second-order valence-corrected chi connectivity index (χ2v) is 4.81. The van der Waals surface area contributed by atoms with E-state index in [1.807, 2.05) is 35.9 Å². The zero-order chi connectivity index (χ0) is 14.1. The van der Waals surface area contributed by atoms with Crippen molar-refractivity contribution >= 4 is 23.1 Å². The molecule has 2 N–H and O–H groups in total. The number of ether oxygens (including phenoxy) is 1. The first-order chi connectivity index (χ1) is 9.65. The van der Waals surface area contributed by atoms with Crippen LogP contribution in [0.3, 0.4) is 0 Å². The van der Waals surface area contributed by atoms with E-state index in [9.17, 15) is 4.79 Å². The number of hydrogen-bond donors (Lipinski definition) is 2. The fourth-order valence-corrected chi connectivity index (χ4v) is 2.43. The lowest BCUT2D eigenvalue weighted by Crippen LogP contribution is -2.34. The molecule has 0 radical (unpaired) electrons. The predicted octanol–water partition coefficient (Wildman–Crippen LogP) is 2.10. The molecule has 20 heavy (non-hydrogen) atoms. The van der Waals surface area contributed by atoms with Crippen molar-refractivity contribution in [2.45, 2.75) is 19.5 Å². The highest BCUT2D eigenvalue weighted by Crippen LogP contribution is 2.31. The van der Waals surface area contributed by atoms with E-state index < -0.39 is 6.09 Å². The molecule has 0 saturated carbocycles. The van der Waals surface area contributed by atoms with Gasteiger partial charge in [0.25, 0.3) is 0 Å². The number of aromatic nitrogens is 2. The lowest BCUT2D eigenvalue weighted by atomic mass is 10.1. The van der Waals surface area contributed by atoms with Crippen LogP contribution in [-0.2, 0) is 6.54 Å². The summed E-state index contributed by atoms with van der Waals surface area (Å²) in [6.45, 7) is 2.85. The van der Waals surface area contributed by atoms with Crippen molar-refractivity contribution in [3.63, 3.8) is 0 Å². The first kappa shape index (κ1) is 12.5. The maximum atomic E-state index is 10.7. The second kappa shape index (κ2) is 4.88. The van der Waals surface area contributed by atoms with E-state index in [0.29, 0.717) is 13.2 Å². The zero-order valence-electron chi connectivity index (χ0n) is 11.0. The van der Waals surface area contributed by atoms with Gasteiger partial charge in [0.15, 0.2) is 0 Å². The molecule has 0 aliphatic carbocycles. The molecule has 0 spiro atoms. The Balaban J connectivity index is 2.00. The average molecular weight is 273 g/mol. The average Bonchev–Trinajstić information content (AvgIpc) is 2.81. The summed E-state index contributed by atoms with van der Waals surface area (Å²) in [6, 6.07) is 3.68. The molecule has 0 unspecified atom stereocenters. The molecule has 0 bridgehead atoms. The largest absolute Gasteiger partial charge is 0.489 e. The molecule has 6 nitrogen and oxygen atoms in total. The molecule has 0 saturated heterocycles. The quantitative estimate of drug-likeness (QED) is 0.897. The Labute approximate surface area is 115 Å². The number of nitrogens with zero attached hydrogens (tertiary/aromatic N) is 2. The van der Waals surface area contributed by atoms with Crippen LogP contribution in [0.4, 0.5) is 4.79 Å². The Morgan fingerprint density at radius 2 is 2.45 bits per heavy atom. The topological polar surface area (TPSA) is 76.4 Å². The first-order valence-corrected chi connectivity index (χ1v) is 6.42. The van der Waals surface area contributed by atoms with Crippen LogP contribution >= 0.6 is 0 Å². The molecule has 1 aliphatic rings. The molecule has 1 aliphatic heterocycles. The third-order valence-electron chi connectivity index (χ3n) is 3.24. The number of fused-ring (bicyclic) bond motifs is 3. The van der Waals surface area contributed by atoms with Crippen LogP contribution in [0.15, 0.2) is 24.4 Å². The maximum absolute atomic E-state index is 10.7. The van der Waals surface area contributed by atoms with Gasteiger partial charge in [0.05, 0.1) is 18.3 Å². The van der Waals surface area contributed by atoms with Crippen LogP contribution in [0.25, 0.3) is 17.0 Å². The number of carbonyl (C=O) groups is 1. The Morgan fingerprint density at radius 3 is 3.25 bits per heavy atom. The summed E-state index contributed by atoms with van der Waals surface area (Å²) in [4.78, 5) is 10.7. The van der Waals surface area contributed by atoms with Crippen LogP contribution in [0, 0.1) is 0 Å². The van der Waals surface area contributed by atoms with Crippen molar-refractivity contribution in [2.75, 3.05) is 6.61 Å². The third kappa shape index (κ3) is 2.20. The van der Waals surface area contributed by atoms with E-state index in [0.717, 1.165) is 22.2 Å². The van der Waals surface area contributed by atoms with Gasteiger partial charge < -0.3 is 15.2 Å². The number of carboxylic acid groups (broad SMARTS) is 1. The summed E-state index contributed by atoms with van der Waals surface area (Å²) in [5, 5.41) is 16.5. The van der Waals surface area contributed by atoms with Crippen LogP contribution in [0.2, 0.25) is 0 Å². The van der Waals surface area contributed by atoms with Crippen molar-refractivity contribution in [3.05, 3.63) is 30.0 Å². The highest BCUT2D eigenvalue weighted by molar-refractivity contribution is 5.90. The van der Waals surface area contributed by atoms with E-state index in [-0.39, 0.29) is 6.04 Å². The van der Waals surface area contributed by atoms with Crippen molar-refractivity contribution < 1.29 is 14.6 Å². The van der Waals surface area contributed by atoms with Crippen molar-refractivity contribution in [1.82, 2.24) is 15.1 Å². The van der Waals surface area contributed by atoms with Gasteiger partial charge in [-0.2, -0.15) is 5.10 Å². The number of benzene rings is 1. The van der Waals surface area contributed by atoms with E-state index in [2.05, 4.69) is 10.4 Å². The van der Waals surface area contributed by atoms with E-state index in [4.69, 9.17) is 9.84 Å². The summed E-state index contributed by atoms with van der Waals surface area (Å²) < 4.78 is 7.40. The lowest BCUT2D eigenvalue weighted by Gasteiger charge is -2.16. The smallest absolute Gasteiger partial charge is 0.404 e. The fourth-order valence-electron chi connectivity index (χ4n) is 2.43. The summed E-state index contributed by atoms with van der Waals surface area (Å²) in [5.41, 5.74) is 1.96. The summed E-state index contributed by atoms with van der Waals surface area (Å²) >= 11 is 0. The van der Waals surface area contributed by atoms with E-state index in [1.54, 1.807) is 6.20 Å². The zero-order valence-corrected chi connectivity index (χ0v) is 11.0. The fraction of sp³-hybridized carbons (Fsp3) is 0.286. The third-order valence-corrected chi connectivity index (χ3v) is 3.24. The number of hydrogen-bond acceptors (Lipinski definition) is 3. The molecule has 0 fully saturated rings. The number of rotatable bonds is 3. The molecule has 1 amide bonds. The van der Waals surface area contributed by atoms with Crippen LogP contribution in [0.1, 0.15) is 12.5 Å². The first-order valence-electron chi connectivity index (χ1n) is 6.42. The minimum absolute atomic E-state index is 0.222. The standard InChI is InChI=1S/C14H15N3O3/c1-9(16-14(18)19)8-17-13-10(7-15-17)4-5-12-11(13)3-2-6-20-12/h2-5,7,9,16H,6,8H2,1H3,(H,18,19)/t9-/m0/s1. The molecule has 104 valence electrons. The van der Waals surface area contributed by atoms with Crippen LogP contribution in [0.5, 0.6) is 5.75 Å². The normalized spacial score (nSPS) is 14.7. The van der Waals surface area contributed by atoms with E-state index in [1.165, 1.54) is 0 Å². The highest BCUT2D eigenvalue weighted by atomic mass is 16.5. The Kier molecular flexibility index (Phi) is 3.06. The van der Waals surface area contributed by atoms with Gasteiger partial charge in [0, 0.05) is 17.0 Å². The van der Waals surface area contributed by atoms with Crippen molar-refractivity contribution in [1.29, 1.82) is 0 Å². The van der Waals surface area contributed by atoms with Crippen molar-refractivity contribution in [3.8, 4) is 5.75 Å². The molecule has 1 aromatic heterocycles. The monoisotopic (exact) mass is 273 g/mol. The van der Waals surface area contributed by atoms with Gasteiger partial charge >= 0.3 is 6.09 Å². The number of nitrogens with one attached hydrogen (secondary N) is 1. The minimum Gasteiger partial charge on any atom is -0.489 e. The van der Waals surface area contributed by atoms with Gasteiger partial charge in [-0.15, -0.1) is 0 Å². The molecule has 1 aromatic carbocycles. The predicted molar refractivity (Wildman–Crippen MR) is 74.9 cm³/mol. The maximum Gasteiger partial charge on any atom is 0.404 e. The van der Waals surface area contributed by atoms with Gasteiger partial charge in [-0.25, -0.2) is 4.79 Å².